The summed E-state index contributed by atoms with van der Waals surface area (Å²) in [5.74, 6) is 0.659. The summed E-state index contributed by atoms with van der Waals surface area (Å²) in [5, 5.41) is 3.36. The average molecular weight is 198 g/mol. The van der Waals surface area contributed by atoms with Crippen LogP contribution >= 0.6 is 11.6 Å². The second-order valence-electron chi connectivity index (χ2n) is 3.36. The fourth-order valence-electron chi connectivity index (χ4n) is 1.15. The van der Waals surface area contributed by atoms with Gasteiger partial charge in [0.05, 0.1) is 0 Å². The van der Waals surface area contributed by atoms with Crippen LogP contribution in [0, 0.1) is 6.92 Å². The molecule has 0 radical (unpaired) electrons. The minimum Gasteiger partial charge on any atom is -0.309 e. The number of hydrogen-bond acceptors (Lipinski definition) is 1. The third-order valence-electron chi connectivity index (χ3n) is 2.13. The van der Waals surface area contributed by atoms with Gasteiger partial charge in [-0.15, -0.1) is 11.6 Å². The Morgan fingerprint density at radius 1 is 1.38 bits per heavy atom. The van der Waals surface area contributed by atoms with E-state index in [2.05, 4.69) is 43.4 Å². The Kier molecular flexibility index (Phi) is 4.26. The van der Waals surface area contributed by atoms with Crippen molar-refractivity contribution < 1.29 is 0 Å². The van der Waals surface area contributed by atoms with Crippen LogP contribution in [0.3, 0.4) is 0 Å². The summed E-state index contributed by atoms with van der Waals surface area (Å²) in [5.41, 5.74) is 2.68. The molecule has 0 saturated heterocycles. The van der Waals surface area contributed by atoms with E-state index in [0.717, 1.165) is 6.54 Å². The van der Waals surface area contributed by atoms with Gasteiger partial charge in [-0.3, -0.25) is 0 Å². The standard InChI is InChI=1S/C11H16ClN/c1-9-5-3-4-6-11(9)8-13-10(2)7-12/h3-6,10,13H,7-8H2,1-2H3. The number of nitrogens with one attached hydrogen (secondary N) is 1. The molecule has 0 aromatic heterocycles. The fraction of sp³-hybridized carbons (Fsp3) is 0.455. The average Bonchev–Trinajstić information content (AvgIpc) is 2.16. The van der Waals surface area contributed by atoms with Gasteiger partial charge in [-0.2, -0.15) is 0 Å². The van der Waals surface area contributed by atoms with Gasteiger partial charge >= 0.3 is 0 Å². The van der Waals surface area contributed by atoms with Gasteiger partial charge in [-0.25, -0.2) is 0 Å². The first kappa shape index (κ1) is 10.6. The van der Waals surface area contributed by atoms with Crippen molar-refractivity contribution in [2.45, 2.75) is 26.4 Å². The maximum absolute atomic E-state index is 5.70. The fourth-order valence-corrected chi connectivity index (χ4v) is 1.26. The number of alkyl halides is 1. The summed E-state index contributed by atoms with van der Waals surface area (Å²) in [6.07, 6.45) is 0. The lowest BCUT2D eigenvalue weighted by Crippen LogP contribution is -2.27. The maximum atomic E-state index is 5.70. The van der Waals surface area contributed by atoms with Crippen molar-refractivity contribution in [1.29, 1.82) is 0 Å². The lowest BCUT2D eigenvalue weighted by Gasteiger charge is -2.11. The van der Waals surface area contributed by atoms with Crippen molar-refractivity contribution in [2.24, 2.45) is 0 Å². The van der Waals surface area contributed by atoms with Crippen molar-refractivity contribution in [1.82, 2.24) is 5.32 Å². The van der Waals surface area contributed by atoms with E-state index >= 15 is 0 Å². The van der Waals surface area contributed by atoms with Gasteiger partial charge in [-0.05, 0) is 25.0 Å². The van der Waals surface area contributed by atoms with Gasteiger partial charge in [0, 0.05) is 18.5 Å². The Morgan fingerprint density at radius 3 is 2.69 bits per heavy atom. The highest BCUT2D eigenvalue weighted by Crippen LogP contribution is 2.06. The van der Waals surface area contributed by atoms with Crippen LogP contribution in [-0.4, -0.2) is 11.9 Å². The van der Waals surface area contributed by atoms with Gasteiger partial charge in [0.1, 0.15) is 0 Å². The van der Waals surface area contributed by atoms with E-state index in [0.29, 0.717) is 11.9 Å². The summed E-state index contributed by atoms with van der Waals surface area (Å²) in [7, 11) is 0. The topological polar surface area (TPSA) is 12.0 Å². The number of halogens is 1. The highest BCUT2D eigenvalue weighted by molar-refractivity contribution is 6.18. The molecular weight excluding hydrogens is 182 g/mol. The van der Waals surface area contributed by atoms with Crippen LogP contribution in [0.2, 0.25) is 0 Å². The largest absolute Gasteiger partial charge is 0.309 e. The van der Waals surface area contributed by atoms with E-state index in [-0.39, 0.29) is 0 Å². The van der Waals surface area contributed by atoms with Gasteiger partial charge in [-0.1, -0.05) is 24.3 Å². The predicted molar refractivity (Wildman–Crippen MR) is 58.2 cm³/mol. The summed E-state index contributed by atoms with van der Waals surface area (Å²) in [6.45, 7) is 5.12. The Balaban J connectivity index is 2.50. The first-order valence-electron chi connectivity index (χ1n) is 4.58. The van der Waals surface area contributed by atoms with Crippen LogP contribution in [0.25, 0.3) is 0 Å². The summed E-state index contributed by atoms with van der Waals surface area (Å²) in [6, 6.07) is 8.77. The molecule has 0 fully saturated rings. The minimum atomic E-state index is 0.376. The lowest BCUT2D eigenvalue weighted by atomic mass is 10.1. The Morgan fingerprint density at radius 2 is 2.08 bits per heavy atom. The quantitative estimate of drug-likeness (QED) is 0.732. The molecule has 0 spiro atoms. The molecule has 1 N–H and O–H groups in total. The number of aryl methyl sites for hydroxylation is 1. The van der Waals surface area contributed by atoms with E-state index in [1.54, 1.807) is 0 Å². The van der Waals surface area contributed by atoms with E-state index < -0.39 is 0 Å². The molecular formula is C11H16ClN. The molecule has 1 rings (SSSR count). The zero-order valence-electron chi connectivity index (χ0n) is 8.18. The second kappa shape index (κ2) is 5.25. The van der Waals surface area contributed by atoms with Crippen LogP contribution < -0.4 is 5.32 Å². The molecule has 0 saturated carbocycles. The predicted octanol–water partition coefficient (Wildman–Crippen LogP) is 2.71. The SMILES string of the molecule is Cc1ccccc1CNC(C)CCl. The van der Waals surface area contributed by atoms with Crippen molar-refractivity contribution in [2.75, 3.05) is 5.88 Å². The van der Waals surface area contributed by atoms with E-state index in [1.807, 2.05) is 0 Å². The van der Waals surface area contributed by atoms with Crippen molar-refractivity contribution >= 4 is 11.6 Å². The number of hydrogen-bond donors (Lipinski definition) is 1. The van der Waals surface area contributed by atoms with E-state index in [1.165, 1.54) is 11.1 Å². The van der Waals surface area contributed by atoms with Crippen LogP contribution in [-0.2, 0) is 6.54 Å². The van der Waals surface area contributed by atoms with Gasteiger partial charge in [0.2, 0.25) is 0 Å². The molecule has 1 unspecified atom stereocenters. The molecule has 0 heterocycles. The van der Waals surface area contributed by atoms with Gasteiger partial charge in [0.25, 0.3) is 0 Å². The van der Waals surface area contributed by atoms with Crippen molar-refractivity contribution in [3.63, 3.8) is 0 Å². The zero-order chi connectivity index (χ0) is 9.68. The highest BCUT2D eigenvalue weighted by Gasteiger charge is 2.00. The van der Waals surface area contributed by atoms with E-state index in [9.17, 15) is 0 Å². The smallest absolute Gasteiger partial charge is 0.0374 e. The first-order valence-corrected chi connectivity index (χ1v) is 5.11. The zero-order valence-corrected chi connectivity index (χ0v) is 8.93. The highest BCUT2D eigenvalue weighted by atomic mass is 35.5. The Bertz CT molecular complexity index is 260. The molecule has 1 aromatic rings. The molecule has 1 atom stereocenters. The maximum Gasteiger partial charge on any atom is 0.0374 e. The molecule has 0 bridgehead atoms. The first-order chi connectivity index (χ1) is 6.24. The molecule has 2 heteroatoms. The number of benzene rings is 1. The molecule has 1 nitrogen and oxygen atoms in total. The normalized spacial score (nSPS) is 12.8. The van der Waals surface area contributed by atoms with Crippen LogP contribution in [0.1, 0.15) is 18.1 Å². The molecule has 13 heavy (non-hydrogen) atoms. The molecule has 72 valence electrons. The van der Waals surface area contributed by atoms with Crippen molar-refractivity contribution in [3.05, 3.63) is 35.4 Å². The monoisotopic (exact) mass is 197 g/mol. The second-order valence-corrected chi connectivity index (χ2v) is 3.67. The third-order valence-corrected chi connectivity index (χ3v) is 2.60. The molecule has 0 aliphatic heterocycles. The molecule has 0 amide bonds. The number of rotatable bonds is 4. The molecule has 1 aromatic carbocycles. The summed E-state index contributed by atoms with van der Waals surface area (Å²) < 4.78 is 0. The third kappa shape index (κ3) is 3.37. The van der Waals surface area contributed by atoms with Crippen LogP contribution in [0.5, 0.6) is 0 Å². The lowest BCUT2D eigenvalue weighted by molar-refractivity contribution is 0.592. The molecule has 0 aliphatic rings. The van der Waals surface area contributed by atoms with E-state index in [4.69, 9.17) is 11.6 Å². The summed E-state index contributed by atoms with van der Waals surface area (Å²) >= 11 is 5.70. The van der Waals surface area contributed by atoms with Gasteiger partial charge in [0.15, 0.2) is 0 Å². The van der Waals surface area contributed by atoms with Crippen LogP contribution in [0.4, 0.5) is 0 Å². The van der Waals surface area contributed by atoms with Crippen molar-refractivity contribution in [3.8, 4) is 0 Å². The Labute approximate surface area is 85.1 Å². The molecule has 0 aliphatic carbocycles. The Hall–Kier alpha value is -0.530. The summed E-state index contributed by atoms with van der Waals surface area (Å²) in [4.78, 5) is 0. The van der Waals surface area contributed by atoms with Gasteiger partial charge < -0.3 is 5.32 Å². The minimum absolute atomic E-state index is 0.376. The van der Waals surface area contributed by atoms with Crippen LogP contribution in [0.15, 0.2) is 24.3 Å².